The summed E-state index contributed by atoms with van der Waals surface area (Å²) >= 11 is 0. The van der Waals surface area contributed by atoms with Crippen LogP contribution in [0.5, 0.6) is 0 Å². The maximum absolute atomic E-state index is 13.2. The number of amidine groups is 1. The molecule has 0 bridgehead atoms. The Bertz CT molecular complexity index is 885. The van der Waals surface area contributed by atoms with E-state index in [0.29, 0.717) is 25.3 Å². The van der Waals surface area contributed by atoms with Gasteiger partial charge in [0, 0.05) is 18.5 Å². The first kappa shape index (κ1) is 24.1. The van der Waals surface area contributed by atoms with Gasteiger partial charge in [-0.05, 0) is 56.8 Å². The van der Waals surface area contributed by atoms with Crippen LogP contribution in [0.25, 0.3) is 0 Å². The normalized spacial score (nSPS) is 29.3. The van der Waals surface area contributed by atoms with Gasteiger partial charge in [-0.2, -0.15) is 0 Å². The molecule has 0 radical (unpaired) electrons. The summed E-state index contributed by atoms with van der Waals surface area (Å²) < 4.78 is 0. The predicted molar refractivity (Wildman–Crippen MR) is 127 cm³/mol. The molecule has 3 aliphatic rings. The number of amides is 1. The van der Waals surface area contributed by atoms with Crippen molar-refractivity contribution in [2.24, 2.45) is 11.5 Å². The largest absolute Gasteiger partial charge is 0.388 e. The average molecular weight is 444 g/mol. The van der Waals surface area contributed by atoms with Crippen molar-refractivity contribution < 1.29 is 14.9 Å². The molecule has 0 saturated carbocycles. The van der Waals surface area contributed by atoms with Crippen LogP contribution in [0.4, 0.5) is 0 Å². The van der Waals surface area contributed by atoms with Gasteiger partial charge < -0.3 is 26.4 Å². The van der Waals surface area contributed by atoms with Crippen LogP contribution in [0.15, 0.2) is 30.6 Å². The molecule has 2 saturated heterocycles. The molecule has 8 N–H and O–H groups in total. The molecule has 8 heteroatoms. The Morgan fingerprint density at radius 3 is 2.81 bits per heavy atom. The average Bonchev–Trinajstić information content (AvgIpc) is 3.08. The number of hydrogen-bond donors (Lipinski definition) is 6. The minimum absolute atomic E-state index is 0.107. The Labute approximate surface area is 191 Å². The molecule has 4 unspecified atom stereocenters. The van der Waals surface area contributed by atoms with E-state index in [9.17, 15) is 9.90 Å². The minimum atomic E-state index is -0.762. The van der Waals surface area contributed by atoms with Gasteiger partial charge in [0.15, 0.2) is 0 Å². The number of carbonyl (C=O) groups is 1. The van der Waals surface area contributed by atoms with Crippen molar-refractivity contribution in [3.8, 4) is 0 Å². The fourth-order valence-electron chi connectivity index (χ4n) is 5.27. The van der Waals surface area contributed by atoms with Crippen molar-refractivity contribution in [3.63, 3.8) is 0 Å². The third-order valence-corrected chi connectivity index (χ3v) is 7.18. The minimum Gasteiger partial charge on any atom is -0.388 e. The van der Waals surface area contributed by atoms with Crippen LogP contribution in [-0.2, 0) is 12.8 Å². The number of benzene rings is 1. The number of aryl methyl sites for hydroxylation is 1. The molecular weight excluding hydrogens is 404 g/mol. The smallest absolute Gasteiger partial charge is 0.251 e. The molecule has 2 heterocycles. The molecule has 1 aromatic carbocycles. The van der Waals surface area contributed by atoms with Crippen LogP contribution < -0.4 is 27.1 Å². The fraction of sp³-hybridized carbons (Fsp3) is 0.583. The van der Waals surface area contributed by atoms with Gasteiger partial charge in [-0.15, -0.1) is 0 Å². The maximum atomic E-state index is 13.2. The molecule has 32 heavy (non-hydrogen) atoms. The molecule has 0 spiro atoms. The SMILES string of the molecule is C=C1NCC([NH+]=C(N)CC)C2(C)C(O)C(NC(=O)c3cccc4c3CCCC4)CN12.CN. The van der Waals surface area contributed by atoms with Gasteiger partial charge in [-0.25, -0.2) is 0 Å². The Morgan fingerprint density at radius 2 is 2.09 bits per heavy atom. The van der Waals surface area contributed by atoms with Crippen LogP contribution in [0, 0.1) is 0 Å². The van der Waals surface area contributed by atoms with E-state index in [2.05, 4.69) is 38.9 Å². The zero-order valence-electron chi connectivity index (χ0n) is 19.6. The first-order chi connectivity index (χ1) is 15.4. The zero-order chi connectivity index (χ0) is 23.5. The number of carbonyl (C=O) groups excluding carboxylic acids is 1. The Balaban J connectivity index is 0.00000141. The van der Waals surface area contributed by atoms with E-state index >= 15 is 0 Å². The lowest BCUT2D eigenvalue weighted by molar-refractivity contribution is -0.525. The zero-order valence-corrected chi connectivity index (χ0v) is 19.6. The van der Waals surface area contributed by atoms with E-state index in [1.165, 1.54) is 19.0 Å². The second kappa shape index (κ2) is 9.92. The number of nitrogens with two attached hydrogens (primary N) is 2. The van der Waals surface area contributed by atoms with Crippen molar-refractivity contribution >= 4 is 11.7 Å². The predicted octanol–water partition coefficient (Wildman–Crippen LogP) is -1.04. The molecule has 8 nitrogen and oxygen atoms in total. The van der Waals surface area contributed by atoms with Crippen molar-refractivity contribution in [2.45, 2.75) is 69.7 Å². The molecule has 1 amide bonds. The summed E-state index contributed by atoms with van der Waals surface area (Å²) in [4.78, 5) is 18.6. The third kappa shape index (κ3) is 4.21. The van der Waals surface area contributed by atoms with Crippen molar-refractivity contribution in [2.75, 3.05) is 20.1 Å². The van der Waals surface area contributed by atoms with Gasteiger partial charge in [-0.3, -0.25) is 15.5 Å². The van der Waals surface area contributed by atoms with Gasteiger partial charge >= 0.3 is 0 Å². The topological polar surface area (TPSA) is 131 Å². The molecule has 4 rings (SSSR count). The molecule has 1 aliphatic carbocycles. The second-order valence-corrected chi connectivity index (χ2v) is 8.91. The van der Waals surface area contributed by atoms with Crippen molar-refractivity contribution in [1.29, 1.82) is 0 Å². The standard InChI is InChI=1S/C23H33N5O2.CH5N/c1-4-20(24)27-19-12-25-14(2)28-13-18(21(29)23(19,28)3)26-22(30)17-11-7-9-15-8-5-6-10-16(15)17;1-2/h7,9,11,18-19,21,25,29H,2,4-6,8,10,12-13H2,1,3H3,(H2,24,27)(H,26,30);2H2,1H3/p+1. The Hall–Kier alpha value is -2.58. The van der Waals surface area contributed by atoms with Crippen molar-refractivity contribution in [3.05, 3.63) is 47.3 Å². The van der Waals surface area contributed by atoms with Crippen molar-refractivity contribution in [1.82, 2.24) is 15.5 Å². The molecule has 2 fully saturated rings. The van der Waals surface area contributed by atoms with E-state index < -0.39 is 17.7 Å². The number of nitrogens with one attached hydrogen (secondary N) is 3. The lowest BCUT2D eigenvalue weighted by Crippen LogP contribution is -2.92. The van der Waals surface area contributed by atoms with Crippen LogP contribution in [0.3, 0.4) is 0 Å². The summed E-state index contributed by atoms with van der Waals surface area (Å²) in [6.07, 6.45) is 4.21. The number of aliphatic hydroxyl groups is 1. The summed E-state index contributed by atoms with van der Waals surface area (Å²) in [5.41, 5.74) is 13.1. The summed E-state index contributed by atoms with van der Waals surface area (Å²) in [6, 6.07) is 5.48. The monoisotopic (exact) mass is 443 g/mol. The van der Waals surface area contributed by atoms with E-state index in [1.54, 1.807) is 0 Å². The van der Waals surface area contributed by atoms with Crippen LogP contribution in [-0.4, -0.2) is 65.6 Å². The Kier molecular flexibility index (Phi) is 7.46. The highest BCUT2D eigenvalue weighted by molar-refractivity contribution is 5.96. The van der Waals surface area contributed by atoms with E-state index in [1.807, 2.05) is 26.0 Å². The summed E-state index contributed by atoms with van der Waals surface area (Å²) in [6.45, 7) is 9.23. The van der Waals surface area contributed by atoms with Gasteiger partial charge in [0.25, 0.3) is 5.91 Å². The highest BCUT2D eigenvalue weighted by Crippen LogP contribution is 2.36. The van der Waals surface area contributed by atoms with Crippen LogP contribution in [0.1, 0.15) is 54.6 Å². The molecule has 1 aromatic rings. The van der Waals surface area contributed by atoms with Gasteiger partial charge in [0.05, 0.1) is 18.4 Å². The van der Waals surface area contributed by atoms with Gasteiger partial charge in [0.2, 0.25) is 5.84 Å². The molecule has 4 atom stereocenters. The number of fused-ring (bicyclic) bond motifs is 2. The lowest BCUT2D eigenvalue weighted by atomic mass is 9.84. The number of nitrogens with zero attached hydrogens (tertiary/aromatic N) is 1. The Morgan fingerprint density at radius 1 is 1.38 bits per heavy atom. The summed E-state index contributed by atoms with van der Waals surface area (Å²) in [5.74, 6) is 1.34. The molecule has 176 valence electrons. The highest BCUT2D eigenvalue weighted by atomic mass is 16.3. The first-order valence-electron chi connectivity index (χ1n) is 11.6. The molecular formula is C24H39N6O2+. The number of aliphatic hydroxyl groups excluding tert-OH is 1. The van der Waals surface area contributed by atoms with Gasteiger partial charge in [-0.1, -0.05) is 25.6 Å². The molecule has 2 aliphatic heterocycles. The van der Waals surface area contributed by atoms with Crippen LogP contribution in [0.2, 0.25) is 0 Å². The first-order valence-corrected chi connectivity index (χ1v) is 11.6. The van der Waals surface area contributed by atoms with E-state index in [-0.39, 0.29) is 11.9 Å². The summed E-state index contributed by atoms with van der Waals surface area (Å²) in [5, 5.41) is 17.8. The second-order valence-electron chi connectivity index (χ2n) is 8.91. The maximum Gasteiger partial charge on any atom is 0.251 e. The number of rotatable bonds is 4. The third-order valence-electron chi connectivity index (χ3n) is 7.18. The van der Waals surface area contributed by atoms with E-state index in [4.69, 9.17) is 5.73 Å². The highest BCUT2D eigenvalue weighted by Gasteiger charge is 2.58. The number of hydrogen-bond acceptors (Lipinski definition) is 5. The quantitative estimate of drug-likeness (QED) is 0.261. The summed E-state index contributed by atoms with van der Waals surface area (Å²) in [7, 11) is 1.50. The van der Waals surface area contributed by atoms with Gasteiger partial charge in [0.1, 0.15) is 17.7 Å². The lowest BCUT2D eigenvalue weighted by Gasteiger charge is -2.46. The molecule has 0 aromatic heterocycles. The fourth-order valence-corrected chi connectivity index (χ4v) is 5.27. The van der Waals surface area contributed by atoms with Crippen LogP contribution >= 0.6 is 0 Å². The van der Waals surface area contributed by atoms with E-state index in [0.717, 1.165) is 36.2 Å².